The number of aromatic nitrogens is 1. The summed E-state index contributed by atoms with van der Waals surface area (Å²) in [6, 6.07) is 27.8. The molecule has 3 N–H and O–H groups in total. The van der Waals surface area contributed by atoms with E-state index in [0.717, 1.165) is 16.6 Å². The highest BCUT2D eigenvalue weighted by molar-refractivity contribution is 7.99. The molecule has 1 saturated heterocycles. The average Bonchev–Trinajstić information content (AvgIpc) is 3.19. The summed E-state index contributed by atoms with van der Waals surface area (Å²) in [6.07, 6.45) is 3.07. The molecule has 5 aromatic rings. The normalized spacial score (nSPS) is 12.7. The molecule has 6 rings (SSSR count). The summed E-state index contributed by atoms with van der Waals surface area (Å²) >= 11 is 1.57. The summed E-state index contributed by atoms with van der Waals surface area (Å²) in [5, 5.41) is 24.4. The minimum Gasteiger partial charge on any atom is -0.508 e. The highest BCUT2D eigenvalue weighted by atomic mass is 32.2. The first kappa shape index (κ1) is 37.4. The number of piperazine rings is 1. The van der Waals surface area contributed by atoms with Gasteiger partial charge >= 0.3 is 0 Å². The third-order valence-electron chi connectivity index (χ3n) is 8.38. The molecule has 0 bridgehead atoms. The maximum Gasteiger partial charge on any atom is 0.293 e. The van der Waals surface area contributed by atoms with Gasteiger partial charge in [-0.15, -0.1) is 11.8 Å². The zero-order valence-electron chi connectivity index (χ0n) is 28.7. The van der Waals surface area contributed by atoms with Crippen LogP contribution in [0.25, 0.3) is 0 Å². The standard InChI is InChI=1S/C39H34N6O7S2/c46-33-6-4-5-28(24-33)9-10-29-23-31(27-40-26-29)39(48)44-20-18-43(19-21-44)32-13-11-30(12-14-32)38(47)42-54(51,52)35-15-16-36(37(25-35)45(49)50)41-17-22-53-34-7-2-1-3-8-34/h1-8,11-16,23-27,41,46H,17-22H2,(H,42,47). The first-order chi connectivity index (χ1) is 26.1. The molecule has 4 aromatic carbocycles. The molecule has 2 amide bonds. The molecule has 0 unspecified atom stereocenters. The number of nitrogens with zero attached hydrogens (tertiary/aromatic N) is 4. The molecule has 0 spiro atoms. The van der Waals surface area contributed by atoms with Crippen LogP contribution in [0.15, 0.2) is 125 Å². The number of benzene rings is 4. The van der Waals surface area contributed by atoms with Gasteiger partial charge in [0.1, 0.15) is 11.4 Å². The van der Waals surface area contributed by atoms with Crippen LogP contribution in [0.5, 0.6) is 5.75 Å². The van der Waals surface area contributed by atoms with Crippen molar-refractivity contribution >= 4 is 50.7 Å². The number of phenolic OH excluding ortho intramolecular Hbond substituents is 1. The van der Waals surface area contributed by atoms with Crippen molar-refractivity contribution in [2.75, 3.05) is 48.7 Å². The number of rotatable bonds is 11. The maximum atomic E-state index is 13.3. The number of nitrogens with one attached hydrogen (secondary N) is 2. The van der Waals surface area contributed by atoms with Gasteiger partial charge in [-0.3, -0.25) is 24.7 Å². The van der Waals surface area contributed by atoms with Crippen molar-refractivity contribution in [2.45, 2.75) is 9.79 Å². The zero-order chi connectivity index (χ0) is 38.1. The van der Waals surface area contributed by atoms with Gasteiger partial charge in [-0.05, 0) is 72.8 Å². The Kier molecular flexibility index (Phi) is 11.8. The van der Waals surface area contributed by atoms with Gasteiger partial charge in [0.2, 0.25) is 0 Å². The Morgan fingerprint density at radius 3 is 2.31 bits per heavy atom. The van der Waals surface area contributed by atoms with E-state index in [0.29, 0.717) is 55.2 Å². The van der Waals surface area contributed by atoms with Crippen LogP contribution in [0, 0.1) is 22.0 Å². The first-order valence-corrected chi connectivity index (χ1v) is 19.2. The van der Waals surface area contributed by atoms with E-state index in [1.165, 1.54) is 30.5 Å². The molecule has 2 heterocycles. The van der Waals surface area contributed by atoms with E-state index in [4.69, 9.17) is 0 Å². The number of carbonyl (C=O) groups excluding carboxylic acids is 2. The van der Waals surface area contributed by atoms with Crippen LogP contribution in [-0.2, 0) is 10.0 Å². The largest absolute Gasteiger partial charge is 0.508 e. The molecule has 1 fully saturated rings. The van der Waals surface area contributed by atoms with Crippen LogP contribution >= 0.6 is 11.8 Å². The van der Waals surface area contributed by atoms with E-state index < -0.39 is 31.4 Å². The van der Waals surface area contributed by atoms with Gasteiger partial charge in [-0.25, -0.2) is 13.1 Å². The van der Waals surface area contributed by atoms with E-state index in [9.17, 15) is 33.2 Å². The third-order valence-corrected chi connectivity index (χ3v) is 10.7. The molecule has 274 valence electrons. The smallest absolute Gasteiger partial charge is 0.293 e. The fraction of sp³-hybridized carbons (Fsp3) is 0.154. The van der Waals surface area contributed by atoms with Crippen LogP contribution < -0.4 is 14.9 Å². The minimum absolute atomic E-state index is 0.0828. The molecule has 1 aliphatic rings. The number of hydrogen-bond donors (Lipinski definition) is 3. The molecule has 13 nitrogen and oxygen atoms in total. The number of pyridine rings is 1. The summed E-state index contributed by atoms with van der Waals surface area (Å²) < 4.78 is 28.2. The number of hydrogen-bond acceptors (Lipinski definition) is 11. The number of nitro benzene ring substituents is 1. The van der Waals surface area contributed by atoms with E-state index in [1.54, 1.807) is 65.3 Å². The number of carbonyl (C=O) groups is 2. The molecule has 1 aromatic heterocycles. The second-order valence-corrected chi connectivity index (χ2v) is 14.9. The predicted octanol–water partition coefficient (Wildman–Crippen LogP) is 5.38. The number of nitro groups is 1. The molecule has 1 aliphatic heterocycles. The Balaban J connectivity index is 1.02. The van der Waals surface area contributed by atoms with Crippen molar-refractivity contribution in [2.24, 2.45) is 0 Å². The molecule has 0 radical (unpaired) electrons. The molecule has 54 heavy (non-hydrogen) atoms. The third kappa shape index (κ3) is 9.54. The number of amides is 2. The quantitative estimate of drug-likeness (QED) is 0.0518. The van der Waals surface area contributed by atoms with Crippen LogP contribution in [0.4, 0.5) is 17.1 Å². The molecule has 0 aliphatic carbocycles. The predicted molar refractivity (Wildman–Crippen MR) is 206 cm³/mol. The van der Waals surface area contributed by atoms with Crippen molar-refractivity contribution in [3.63, 3.8) is 0 Å². The Morgan fingerprint density at radius 2 is 1.59 bits per heavy atom. The van der Waals surface area contributed by atoms with Crippen LogP contribution in [0.3, 0.4) is 0 Å². The molecular formula is C39H34N6O7S2. The Hall–Kier alpha value is -6.37. The topological polar surface area (TPSA) is 175 Å². The van der Waals surface area contributed by atoms with Crippen molar-refractivity contribution in [3.05, 3.63) is 148 Å². The number of thioether (sulfide) groups is 1. The van der Waals surface area contributed by atoms with Crippen LogP contribution in [0.2, 0.25) is 0 Å². The fourth-order valence-corrected chi connectivity index (χ4v) is 7.40. The van der Waals surface area contributed by atoms with Crippen LogP contribution in [-0.4, -0.2) is 78.6 Å². The summed E-state index contributed by atoms with van der Waals surface area (Å²) in [4.78, 5) is 46.0. The monoisotopic (exact) mass is 762 g/mol. The summed E-state index contributed by atoms with van der Waals surface area (Å²) in [5.41, 5.74) is 2.21. The second-order valence-electron chi connectivity index (χ2n) is 12.0. The maximum absolute atomic E-state index is 13.3. The summed E-state index contributed by atoms with van der Waals surface area (Å²) in [6.45, 7) is 2.31. The number of phenols is 1. The lowest BCUT2D eigenvalue weighted by Crippen LogP contribution is -2.48. The van der Waals surface area contributed by atoms with Crippen molar-refractivity contribution < 1.29 is 28.0 Å². The number of anilines is 2. The summed E-state index contributed by atoms with van der Waals surface area (Å²) in [7, 11) is -4.43. The van der Waals surface area contributed by atoms with E-state index >= 15 is 0 Å². The van der Waals surface area contributed by atoms with Gasteiger partial charge in [-0.2, -0.15) is 0 Å². The van der Waals surface area contributed by atoms with E-state index in [-0.39, 0.29) is 22.9 Å². The zero-order valence-corrected chi connectivity index (χ0v) is 30.3. The van der Waals surface area contributed by atoms with Gasteiger partial charge in [0.25, 0.3) is 27.5 Å². The van der Waals surface area contributed by atoms with Crippen molar-refractivity contribution in [1.82, 2.24) is 14.6 Å². The first-order valence-electron chi connectivity index (χ1n) is 16.7. The Labute approximate surface area is 316 Å². The lowest BCUT2D eigenvalue weighted by Gasteiger charge is -2.36. The highest BCUT2D eigenvalue weighted by Gasteiger charge is 2.25. The number of sulfonamides is 1. The highest BCUT2D eigenvalue weighted by Crippen LogP contribution is 2.28. The SMILES string of the molecule is O=C(NS(=O)(=O)c1ccc(NCCSc2ccccc2)c([N+](=O)[O-])c1)c1ccc(N2CCN(C(=O)c3cncc(C#Cc4cccc(O)c4)c3)CC2)cc1. The Bertz CT molecular complexity index is 2340. The van der Waals surface area contributed by atoms with Crippen LogP contribution in [0.1, 0.15) is 31.8 Å². The van der Waals surface area contributed by atoms with Gasteiger partial charge in [-0.1, -0.05) is 36.1 Å². The molecule has 0 atom stereocenters. The second kappa shape index (κ2) is 17.0. The molecule has 0 saturated carbocycles. The Morgan fingerprint density at radius 1 is 0.852 bits per heavy atom. The van der Waals surface area contributed by atoms with Crippen molar-refractivity contribution in [1.29, 1.82) is 0 Å². The van der Waals surface area contributed by atoms with E-state index in [2.05, 4.69) is 22.1 Å². The summed E-state index contributed by atoms with van der Waals surface area (Å²) in [5.74, 6) is 5.61. The molecule has 15 heteroatoms. The van der Waals surface area contributed by atoms with Gasteiger partial charge < -0.3 is 20.2 Å². The molecular weight excluding hydrogens is 729 g/mol. The lowest BCUT2D eigenvalue weighted by atomic mass is 10.1. The van der Waals surface area contributed by atoms with Gasteiger partial charge in [0, 0.05) is 84.2 Å². The fourth-order valence-electron chi connectivity index (χ4n) is 5.62. The minimum atomic E-state index is -4.43. The average molecular weight is 763 g/mol. The van der Waals surface area contributed by atoms with E-state index in [1.807, 2.05) is 40.0 Å². The van der Waals surface area contributed by atoms with Crippen molar-refractivity contribution in [3.8, 4) is 17.6 Å². The van der Waals surface area contributed by atoms with Gasteiger partial charge in [0.15, 0.2) is 0 Å². The number of aromatic hydroxyl groups is 1. The lowest BCUT2D eigenvalue weighted by molar-refractivity contribution is -0.384. The van der Waals surface area contributed by atoms with Gasteiger partial charge in [0.05, 0.1) is 15.4 Å².